The van der Waals surface area contributed by atoms with Crippen molar-refractivity contribution < 1.29 is 42.7 Å². The van der Waals surface area contributed by atoms with Crippen molar-refractivity contribution in [3.63, 3.8) is 0 Å². The molecule has 0 amide bonds. The van der Waals surface area contributed by atoms with E-state index in [9.17, 15) is 4.79 Å². The highest BCUT2D eigenvalue weighted by molar-refractivity contribution is 5.82. The van der Waals surface area contributed by atoms with E-state index in [4.69, 9.17) is 37.9 Å². The number of hydrogen-bond donors (Lipinski definition) is 1. The molecular formula is C27H55NO9. The van der Waals surface area contributed by atoms with Gasteiger partial charge in [0.2, 0.25) is 0 Å². The second-order valence-electron chi connectivity index (χ2n) is 9.46. The molecule has 0 aromatic heterocycles. The highest BCUT2D eigenvalue weighted by atomic mass is 16.6. The van der Waals surface area contributed by atoms with E-state index >= 15 is 0 Å². The van der Waals surface area contributed by atoms with Gasteiger partial charge in [0.05, 0.1) is 105 Å². The molecule has 1 atom stereocenters. The van der Waals surface area contributed by atoms with E-state index in [2.05, 4.69) is 5.32 Å². The second kappa shape index (κ2) is 26.9. The van der Waals surface area contributed by atoms with Gasteiger partial charge in [-0.2, -0.15) is 0 Å². The van der Waals surface area contributed by atoms with Crippen molar-refractivity contribution in [2.24, 2.45) is 5.92 Å². The fourth-order valence-corrected chi connectivity index (χ4v) is 2.81. The van der Waals surface area contributed by atoms with E-state index in [0.717, 1.165) is 6.42 Å². The van der Waals surface area contributed by atoms with Crippen molar-refractivity contribution in [1.29, 1.82) is 0 Å². The minimum Gasteiger partial charge on any atom is -0.379 e. The fourth-order valence-electron chi connectivity index (χ4n) is 2.81. The molecule has 1 unspecified atom stereocenters. The third kappa shape index (κ3) is 28.1. The van der Waals surface area contributed by atoms with E-state index in [1.54, 1.807) is 0 Å². The van der Waals surface area contributed by atoms with Gasteiger partial charge in [-0.05, 0) is 34.1 Å². The number of ether oxygens (including phenoxy) is 8. The first kappa shape index (κ1) is 36.3. The maximum atomic E-state index is 12.0. The van der Waals surface area contributed by atoms with Crippen LogP contribution in [0.1, 0.15) is 48.0 Å². The molecule has 37 heavy (non-hydrogen) atoms. The summed E-state index contributed by atoms with van der Waals surface area (Å²) in [4.78, 5) is 12.0. The molecule has 0 saturated carbocycles. The molecular weight excluding hydrogens is 482 g/mol. The Morgan fingerprint density at radius 3 is 1.32 bits per heavy atom. The van der Waals surface area contributed by atoms with Gasteiger partial charge in [0.1, 0.15) is 5.78 Å². The van der Waals surface area contributed by atoms with Gasteiger partial charge in [-0.15, -0.1) is 0 Å². The first-order chi connectivity index (χ1) is 17.8. The zero-order valence-corrected chi connectivity index (χ0v) is 24.3. The van der Waals surface area contributed by atoms with Crippen LogP contribution in [0.15, 0.2) is 0 Å². The number of carbonyl (C=O) groups excluding carboxylic acids is 1. The lowest BCUT2D eigenvalue weighted by Crippen LogP contribution is -2.39. The summed E-state index contributed by atoms with van der Waals surface area (Å²) in [5.41, 5.74) is 0. The van der Waals surface area contributed by atoms with Crippen LogP contribution in [0.3, 0.4) is 0 Å². The molecule has 0 rings (SSSR count). The van der Waals surface area contributed by atoms with Crippen LogP contribution in [0.4, 0.5) is 0 Å². The topological polar surface area (TPSA) is 103 Å². The number of carbonyl (C=O) groups is 1. The Morgan fingerprint density at radius 2 is 0.919 bits per heavy atom. The SMILES string of the molecule is CC(C)OCCOCCOCCOCCC(COCCOCCOCCOC(C)C)NCC(=O)C(C)C. The molecule has 1 N–H and O–H groups in total. The van der Waals surface area contributed by atoms with Gasteiger partial charge in [0, 0.05) is 18.6 Å². The highest BCUT2D eigenvalue weighted by Crippen LogP contribution is 1.99. The van der Waals surface area contributed by atoms with E-state index in [1.807, 2.05) is 41.5 Å². The van der Waals surface area contributed by atoms with Crippen LogP contribution in [0.2, 0.25) is 0 Å². The summed E-state index contributed by atoms with van der Waals surface area (Å²) in [6.45, 7) is 19.6. The molecule has 10 nitrogen and oxygen atoms in total. The Kier molecular flexibility index (Phi) is 26.4. The van der Waals surface area contributed by atoms with Crippen LogP contribution < -0.4 is 5.32 Å². The standard InChI is InChI=1S/C27H55NO9/c1-23(2)27(29)21-28-26(22-35-16-15-32-12-14-34-18-20-37-25(5)6)7-8-30-9-10-31-11-13-33-17-19-36-24(3)4/h23-26,28H,7-22H2,1-6H3. The summed E-state index contributed by atoms with van der Waals surface area (Å²) in [5, 5.41) is 3.30. The minimum absolute atomic E-state index is 0.00160. The Bertz CT molecular complexity index is 492. The van der Waals surface area contributed by atoms with Gasteiger partial charge < -0.3 is 43.2 Å². The van der Waals surface area contributed by atoms with Crippen molar-refractivity contribution in [1.82, 2.24) is 5.32 Å². The van der Waals surface area contributed by atoms with E-state index < -0.39 is 0 Å². The number of Topliss-reactive ketones (excluding diaryl/α,β-unsaturated/α-hetero) is 1. The predicted octanol–water partition coefficient (Wildman–Crippen LogP) is 2.51. The molecule has 222 valence electrons. The van der Waals surface area contributed by atoms with Gasteiger partial charge in [0.25, 0.3) is 0 Å². The Hall–Kier alpha value is -0.690. The first-order valence-corrected chi connectivity index (χ1v) is 13.8. The monoisotopic (exact) mass is 537 g/mol. The third-order valence-corrected chi connectivity index (χ3v) is 4.98. The van der Waals surface area contributed by atoms with Crippen molar-refractivity contribution in [2.75, 3.05) is 99.0 Å². The van der Waals surface area contributed by atoms with Crippen LogP contribution in [0, 0.1) is 5.92 Å². The molecule has 0 aliphatic heterocycles. The van der Waals surface area contributed by atoms with Gasteiger partial charge in [0.15, 0.2) is 0 Å². The smallest absolute Gasteiger partial charge is 0.149 e. The summed E-state index contributed by atoms with van der Waals surface area (Å²) >= 11 is 0. The quantitative estimate of drug-likeness (QED) is 0.143. The lowest BCUT2D eigenvalue weighted by Gasteiger charge is -2.19. The molecule has 0 heterocycles. The van der Waals surface area contributed by atoms with Crippen molar-refractivity contribution in [3.05, 3.63) is 0 Å². The largest absolute Gasteiger partial charge is 0.379 e. The molecule has 0 aliphatic rings. The van der Waals surface area contributed by atoms with Crippen LogP contribution >= 0.6 is 0 Å². The zero-order valence-electron chi connectivity index (χ0n) is 24.3. The van der Waals surface area contributed by atoms with Gasteiger partial charge in [-0.1, -0.05) is 13.8 Å². The molecule has 0 radical (unpaired) electrons. The van der Waals surface area contributed by atoms with Crippen LogP contribution in [0.5, 0.6) is 0 Å². The molecule has 0 bridgehead atoms. The van der Waals surface area contributed by atoms with Crippen molar-refractivity contribution >= 4 is 5.78 Å². The molecule has 0 saturated heterocycles. The highest BCUT2D eigenvalue weighted by Gasteiger charge is 2.13. The third-order valence-electron chi connectivity index (χ3n) is 4.98. The number of nitrogens with one attached hydrogen (secondary N) is 1. The minimum atomic E-state index is 0.00160. The summed E-state index contributed by atoms with van der Waals surface area (Å²) in [7, 11) is 0. The van der Waals surface area contributed by atoms with Crippen LogP contribution in [0.25, 0.3) is 0 Å². The van der Waals surface area contributed by atoms with Gasteiger partial charge >= 0.3 is 0 Å². The summed E-state index contributed by atoms with van der Waals surface area (Å²) in [6, 6.07) is 0.0226. The lowest BCUT2D eigenvalue weighted by atomic mass is 10.1. The van der Waals surface area contributed by atoms with E-state index in [-0.39, 0.29) is 30.0 Å². The average Bonchev–Trinajstić information content (AvgIpc) is 2.85. The lowest BCUT2D eigenvalue weighted by molar-refractivity contribution is -0.121. The van der Waals surface area contributed by atoms with Gasteiger partial charge in [-0.25, -0.2) is 0 Å². The normalized spacial score (nSPS) is 12.8. The Morgan fingerprint density at radius 1 is 0.541 bits per heavy atom. The second-order valence-corrected chi connectivity index (χ2v) is 9.46. The number of ketones is 1. The number of hydrogen-bond acceptors (Lipinski definition) is 10. The summed E-state index contributed by atoms with van der Waals surface area (Å²) < 4.78 is 44.2. The molecule has 10 heteroatoms. The molecule has 0 fully saturated rings. The van der Waals surface area contributed by atoms with Crippen LogP contribution in [-0.4, -0.2) is 123 Å². The van der Waals surface area contributed by atoms with Crippen LogP contribution in [-0.2, 0) is 42.7 Å². The maximum Gasteiger partial charge on any atom is 0.149 e. The molecule has 0 aliphatic carbocycles. The molecule has 0 aromatic carbocycles. The Balaban J connectivity index is 3.82. The predicted molar refractivity (Wildman–Crippen MR) is 143 cm³/mol. The number of rotatable bonds is 29. The van der Waals surface area contributed by atoms with Crippen molar-refractivity contribution in [3.8, 4) is 0 Å². The molecule has 0 spiro atoms. The summed E-state index contributed by atoms with van der Waals surface area (Å²) in [5.74, 6) is 0.182. The fraction of sp³-hybridized carbons (Fsp3) is 0.963. The first-order valence-electron chi connectivity index (χ1n) is 13.8. The van der Waals surface area contributed by atoms with E-state index in [0.29, 0.717) is 99.0 Å². The Labute approximate surface area is 225 Å². The van der Waals surface area contributed by atoms with Crippen molar-refractivity contribution in [2.45, 2.75) is 66.2 Å². The van der Waals surface area contributed by atoms with E-state index in [1.165, 1.54) is 0 Å². The zero-order chi connectivity index (χ0) is 27.6. The van der Waals surface area contributed by atoms with Gasteiger partial charge in [-0.3, -0.25) is 4.79 Å². The summed E-state index contributed by atoms with van der Waals surface area (Å²) in [6.07, 6.45) is 1.17. The average molecular weight is 538 g/mol. The maximum absolute atomic E-state index is 12.0. The molecule has 0 aromatic rings.